The summed E-state index contributed by atoms with van der Waals surface area (Å²) in [5.41, 5.74) is 2.41. The van der Waals surface area contributed by atoms with Gasteiger partial charge in [-0.3, -0.25) is 14.7 Å². The summed E-state index contributed by atoms with van der Waals surface area (Å²) in [5, 5.41) is 10.4. The fourth-order valence-corrected chi connectivity index (χ4v) is 3.41. The fourth-order valence-electron chi connectivity index (χ4n) is 3.41. The highest BCUT2D eigenvalue weighted by Gasteiger charge is 2.20. The van der Waals surface area contributed by atoms with Crippen molar-refractivity contribution in [2.45, 2.75) is 39.4 Å². The Labute approximate surface area is 201 Å². The molecule has 1 fully saturated rings. The lowest BCUT2D eigenvalue weighted by Crippen LogP contribution is -2.52. The molecule has 31 heavy (non-hydrogen) atoms. The summed E-state index contributed by atoms with van der Waals surface area (Å²) in [5.74, 6) is 0.817. The zero-order chi connectivity index (χ0) is 21.6. The third-order valence-corrected chi connectivity index (χ3v) is 4.89. The average Bonchev–Trinajstić information content (AvgIpc) is 3.21. The Morgan fingerprint density at radius 1 is 1.19 bits per heavy atom. The molecule has 2 heterocycles. The number of piperazine rings is 1. The first kappa shape index (κ1) is 25.1. The number of benzene rings is 1. The van der Waals surface area contributed by atoms with E-state index in [2.05, 4.69) is 30.6 Å². The minimum atomic E-state index is -0.261. The van der Waals surface area contributed by atoms with E-state index in [0.717, 1.165) is 49.9 Å². The molecule has 0 saturated carbocycles. The Morgan fingerprint density at radius 3 is 2.55 bits per heavy atom. The summed E-state index contributed by atoms with van der Waals surface area (Å²) < 4.78 is 4.91. The van der Waals surface area contributed by atoms with Gasteiger partial charge in [-0.15, -0.1) is 24.0 Å². The molecule has 1 amide bonds. The van der Waals surface area contributed by atoms with Gasteiger partial charge in [-0.05, 0) is 38.5 Å². The van der Waals surface area contributed by atoms with Gasteiger partial charge in [-0.2, -0.15) is 0 Å². The van der Waals surface area contributed by atoms with Gasteiger partial charge in [0.2, 0.25) is 0 Å². The van der Waals surface area contributed by atoms with E-state index in [1.54, 1.807) is 13.3 Å². The second kappa shape index (κ2) is 11.5. The Morgan fingerprint density at radius 2 is 1.94 bits per heavy atom. The van der Waals surface area contributed by atoms with Crippen LogP contribution in [0.4, 0.5) is 0 Å². The molecule has 2 aromatic rings. The number of aromatic nitrogens is 1. The summed E-state index contributed by atoms with van der Waals surface area (Å²) in [6.45, 7) is 11.0. The summed E-state index contributed by atoms with van der Waals surface area (Å²) >= 11 is 0. The van der Waals surface area contributed by atoms with Crippen molar-refractivity contribution in [2.24, 2.45) is 4.99 Å². The smallest absolute Gasteiger partial charge is 0.251 e. The first-order valence-electron chi connectivity index (χ1n) is 10.3. The molecule has 1 aromatic carbocycles. The van der Waals surface area contributed by atoms with Crippen molar-refractivity contribution in [3.8, 4) is 0 Å². The van der Waals surface area contributed by atoms with Crippen LogP contribution in [0.25, 0.3) is 0 Å². The van der Waals surface area contributed by atoms with Gasteiger partial charge in [0.15, 0.2) is 5.96 Å². The average molecular weight is 540 g/mol. The number of hydrogen-bond acceptors (Lipinski definition) is 5. The summed E-state index contributed by atoms with van der Waals surface area (Å²) in [6.07, 6.45) is 1.61. The molecule has 0 bridgehead atoms. The van der Waals surface area contributed by atoms with E-state index in [9.17, 15) is 4.79 Å². The maximum absolute atomic E-state index is 12.4. The number of rotatable bonds is 5. The number of guanidine groups is 1. The quantitative estimate of drug-likeness (QED) is 0.345. The maximum Gasteiger partial charge on any atom is 0.251 e. The highest BCUT2D eigenvalue weighted by Crippen LogP contribution is 2.10. The Bertz CT molecular complexity index is 855. The predicted molar refractivity (Wildman–Crippen MR) is 133 cm³/mol. The van der Waals surface area contributed by atoms with Crippen LogP contribution in [0.15, 0.2) is 46.1 Å². The SMILES string of the molecule is CN=C(NCc1cccc(C(=O)NC(C)(C)C)c1)N1CCN(Cc2ccon2)CC1.I. The van der Waals surface area contributed by atoms with Gasteiger partial charge in [-0.25, -0.2) is 0 Å². The molecule has 8 nitrogen and oxygen atoms in total. The fraction of sp³-hybridized carbons (Fsp3) is 0.500. The van der Waals surface area contributed by atoms with Crippen molar-refractivity contribution in [2.75, 3.05) is 33.2 Å². The maximum atomic E-state index is 12.4. The number of amides is 1. The third kappa shape index (κ3) is 7.80. The molecule has 1 aromatic heterocycles. The lowest BCUT2D eigenvalue weighted by molar-refractivity contribution is 0.0919. The van der Waals surface area contributed by atoms with Crippen LogP contribution in [-0.4, -0.2) is 65.6 Å². The first-order chi connectivity index (χ1) is 14.3. The Hall–Kier alpha value is -2.14. The molecule has 0 atom stereocenters. The number of nitrogens with zero attached hydrogens (tertiary/aromatic N) is 4. The molecular formula is C22H33IN6O2. The Kier molecular flexibility index (Phi) is 9.30. The van der Waals surface area contributed by atoms with Crippen molar-refractivity contribution in [1.82, 2.24) is 25.6 Å². The lowest BCUT2D eigenvalue weighted by Gasteiger charge is -2.36. The van der Waals surface area contributed by atoms with Gasteiger partial charge in [0, 0.05) is 63.5 Å². The number of halogens is 1. The highest BCUT2D eigenvalue weighted by molar-refractivity contribution is 14.0. The first-order valence-corrected chi connectivity index (χ1v) is 10.3. The number of aliphatic imine (C=N–C) groups is 1. The van der Waals surface area contributed by atoms with Crippen LogP contribution in [-0.2, 0) is 13.1 Å². The number of carbonyl (C=O) groups is 1. The van der Waals surface area contributed by atoms with Crippen molar-refractivity contribution in [1.29, 1.82) is 0 Å². The topological polar surface area (TPSA) is 86.0 Å². The van der Waals surface area contributed by atoms with Gasteiger partial charge in [0.1, 0.15) is 6.26 Å². The van der Waals surface area contributed by atoms with Crippen LogP contribution in [0.5, 0.6) is 0 Å². The van der Waals surface area contributed by atoms with Gasteiger partial charge >= 0.3 is 0 Å². The second-order valence-electron chi connectivity index (χ2n) is 8.56. The highest BCUT2D eigenvalue weighted by atomic mass is 127. The molecular weight excluding hydrogens is 507 g/mol. The van der Waals surface area contributed by atoms with Crippen molar-refractivity contribution in [3.05, 3.63) is 53.4 Å². The van der Waals surface area contributed by atoms with Crippen LogP contribution in [0, 0.1) is 0 Å². The second-order valence-corrected chi connectivity index (χ2v) is 8.56. The molecule has 0 aliphatic carbocycles. The standard InChI is InChI=1S/C22H32N6O2.HI/c1-22(2,3)25-20(29)18-7-5-6-17(14-18)15-24-21(23-4)28-11-9-27(10-12-28)16-19-8-13-30-26-19;/h5-8,13-14H,9-12,15-16H2,1-4H3,(H,23,24)(H,25,29);1H. The van der Waals surface area contributed by atoms with Crippen LogP contribution in [0.1, 0.15) is 42.4 Å². The largest absolute Gasteiger partial charge is 0.364 e. The molecule has 3 rings (SSSR count). The summed E-state index contributed by atoms with van der Waals surface area (Å²) in [7, 11) is 1.80. The molecule has 1 aliphatic rings. The molecule has 9 heteroatoms. The molecule has 0 radical (unpaired) electrons. The van der Waals surface area contributed by atoms with Crippen LogP contribution < -0.4 is 10.6 Å². The number of nitrogens with one attached hydrogen (secondary N) is 2. The normalized spacial score (nSPS) is 15.4. The monoisotopic (exact) mass is 540 g/mol. The lowest BCUT2D eigenvalue weighted by atomic mass is 10.1. The van der Waals surface area contributed by atoms with Crippen LogP contribution in [0.3, 0.4) is 0 Å². The van der Waals surface area contributed by atoms with Crippen molar-refractivity contribution >= 4 is 35.8 Å². The van der Waals surface area contributed by atoms with Gasteiger partial charge in [-0.1, -0.05) is 17.3 Å². The van der Waals surface area contributed by atoms with Gasteiger partial charge < -0.3 is 20.1 Å². The Balaban J connectivity index is 0.00000341. The van der Waals surface area contributed by atoms with Gasteiger partial charge in [0.05, 0.1) is 5.69 Å². The molecule has 1 aliphatic heterocycles. The summed E-state index contributed by atoms with van der Waals surface area (Å²) in [4.78, 5) is 21.5. The van der Waals surface area contributed by atoms with E-state index in [0.29, 0.717) is 12.1 Å². The third-order valence-electron chi connectivity index (χ3n) is 4.89. The van der Waals surface area contributed by atoms with Crippen LogP contribution >= 0.6 is 24.0 Å². The summed E-state index contributed by atoms with van der Waals surface area (Å²) in [6, 6.07) is 9.61. The van der Waals surface area contributed by atoms with E-state index < -0.39 is 0 Å². The molecule has 170 valence electrons. The minimum absolute atomic E-state index is 0. The predicted octanol–water partition coefficient (Wildman–Crippen LogP) is 2.71. The van der Waals surface area contributed by atoms with E-state index in [-0.39, 0.29) is 35.4 Å². The molecule has 2 N–H and O–H groups in total. The van der Waals surface area contributed by atoms with E-state index >= 15 is 0 Å². The van der Waals surface area contributed by atoms with Gasteiger partial charge in [0.25, 0.3) is 5.91 Å². The number of hydrogen-bond donors (Lipinski definition) is 2. The van der Waals surface area contributed by atoms with Crippen molar-refractivity contribution in [3.63, 3.8) is 0 Å². The van der Waals surface area contributed by atoms with Crippen LogP contribution in [0.2, 0.25) is 0 Å². The zero-order valence-electron chi connectivity index (χ0n) is 18.7. The van der Waals surface area contributed by atoms with E-state index in [1.807, 2.05) is 51.1 Å². The molecule has 0 spiro atoms. The molecule has 1 saturated heterocycles. The van der Waals surface area contributed by atoms with E-state index in [1.165, 1.54) is 0 Å². The van der Waals surface area contributed by atoms with Crippen molar-refractivity contribution < 1.29 is 9.32 Å². The molecule has 0 unspecified atom stereocenters. The zero-order valence-corrected chi connectivity index (χ0v) is 21.1. The number of carbonyl (C=O) groups excluding carboxylic acids is 1. The minimum Gasteiger partial charge on any atom is -0.364 e. The van der Waals surface area contributed by atoms with E-state index in [4.69, 9.17) is 4.52 Å².